The maximum Gasteiger partial charge on any atom is 0.192 e. The van der Waals surface area contributed by atoms with Crippen molar-refractivity contribution in [2.75, 3.05) is 13.2 Å². The highest BCUT2D eigenvalue weighted by atomic mass is 28.4. The van der Waals surface area contributed by atoms with Gasteiger partial charge in [0.1, 0.15) is 14.2 Å². The molecule has 0 aliphatic carbocycles. The van der Waals surface area contributed by atoms with Gasteiger partial charge in [-0.3, -0.25) is 0 Å². The summed E-state index contributed by atoms with van der Waals surface area (Å²) in [6.07, 6.45) is 3.39. The summed E-state index contributed by atoms with van der Waals surface area (Å²) in [4.78, 5) is 0. The van der Waals surface area contributed by atoms with Gasteiger partial charge in [0.2, 0.25) is 0 Å². The molecule has 0 unspecified atom stereocenters. The van der Waals surface area contributed by atoms with Crippen molar-refractivity contribution in [1.82, 2.24) is 0 Å². The molecule has 1 rings (SSSR count). The quantitative estimate of drug-likeness (QED) is 0.474. The van der Waals surface area contributed by atoms with Crippen LogP contribution in [0.4, 0.5) is 0 Å². The minimum Gasteiger partial charge on any atom is -0.414 e. The molecular weight excluding hydrogens is 320 g/mol. The van der Waals surface area contributed by atoms with Crippen molar-refractivity contribution in [2.24, 2.45) is 5.92 Å². The van der Waals surface area contributed by atoms with Crippen LogP contribution in [0.25, 0.3) is 0 Å². The molecule has 23 heavy (non-hydrogen) atoms. The van der Waals surface area contributed by atoms with Crippen LogP contribution in [0.3, 0.4) is 0 Å². The van der Waals surface area contributed by atoms with Crippen LogP contribution in [-0.4, -0.2) is 46.9 Å². The molecule has 0 radical (unpaired) electrons. The fourth-order valence-corrected chi connectivity index (χ4v) is 3.41. The van der Waals surface area contributed by atoms with Crippen molar-refractivity contribution in [3.8, 4) is 11.5 Å². The lowest BCUT2D eigenvalue weighted by atomic mass is 10.0. The van der Waals surface area contributed by atoms with Crippen molar-refractivity contribution in [3.63, 3.8) is 0 Å². The zero-order valence-electron chi connectivity index (χ0n) is 16.1. The number of rotatable bonds is 4. The van der Waals surface area contributed by atoms with Crippen LogP contribution in [0, 0.1) is 17.4 Å². The largest absolute Gasteiger partial charge is 0.414 e. The number of hydrogen-bond acceptors (Lipinski definition) is 3. The van der Waals surface area contributed by atoms with Crippen molar-refractivity contribution in [3.05, 3.63) is 12.2 Å². The van der Waals surface area contributed by atoms with Gasteiger partial charge in [-0.15, -0.1) is 5.54 Å². The fourth-order valence-electron chi connectivity index (χ4n) is 1.82. The van der Waals surface area contributed by atoms with E-state index in [2.05, 4.69) is 65.0 Å². The van der Waals surface area contributed by atoms with Crippen LogP contribution in [0.1, 0.15) is 20.8 Å². The molecule has 1 N–H and O–H groups in total. The summed E-state index contributed by atoms with van der Waals surface area (Å²) in [5, 5.41) is 10.4. The molecule has 3 nitrogen and oxygen atoms in total. The van der Waals surface area contributed by atoms with E-state index in [9.17, 15) is 5.11 Å². The van der Waals surface area contributed by atoms with Gasteiger partial charge < -0.3 is 14.3 Å². The number of hydrogen-bond donors (Lipinski definition) is 1. The summed E-state index contributed by atoms with van der Waals surface area (Å²) in [5.74, 6) is 2.96. The molecule has 1 heterocycles. The van der Waals surface area contributed by atoms with Crippen LogP contribution in [-0.2, 0) is 9.16 Å². The number of aliphatic hydroxyl groups is 1. The van der Waals surface area contributed by atoms with Crippen molar-refractivity contribution < 1.29 is 14.3 Å². The average Bonchev–Trinajstić information content (AvgIpc) is 2.41. The Morgan fingerprint density at radius 3 is 2.26 bits per heavy atom. The third kappa shape index (κ3) is 6.94. The Hall–Kier alpha value is -0.386. The average molecular weight is 355 g/mol. The van der Waals surface area contributed by atoms with Gasteiger partial charge in [0, 0.05) is 5.92 Å². The SMILES string of the molecule is CC(C)(C)[Si](C)(C)OC[C@@H]1C=C[C@H]([C@@H](O)C#C[Si](C)(C)C)CO1. The molecule has 0 bridgehead atoms. The topological polar surface area (TPSA) is 38.7 Å². The highest BCUT2D eigenvalue weighted by Crippen LogP contribution is 2.36. The Balaban J connectivity index is 2.54. The van der Waals surface area contributed by atoms with E-state index in [1.165, 1.54) is 0 Å². The summed E-state index contributed by atoms with van der Waals surface area (Å²) in [5.41, 5.74) is 3.22. The molecule has 3 atom stereocenters. The van der Waals surface area contributed by atoms with E-state index >= 15 is 0 Å². The summed E-state index contributed by atoms with van der Waals surface area (Å²) in [6, 6.07) is 0. The highest BCUT2D eigenvalue weighted by molar-refractivity contribution is 6.83. The number of aliphatic hydroxyl groups excluding tert-OH is 1. The van der Waals surface area contributed by atoms with Gasteiger partial charge in [-0.1, -0.05) is 58.5 Å². The maximum absolute atomic E-state index is 10.2. The van der Waals surface area contributed by atoms with E-state index in [1.807, 2.05) is 12.2 Å². The first kappa shape index (κ1) is 20.7. The summed E-state index contributed by atoms with van der Waals surface area (Å²) in [6.45, 7) is 18.8. The van der Waals surface area contributed by atoms with Gasteiger partial charge in [0.25, 0.3) is 0 Å². The lowest BCUT2D eigenvalue weighted by molar-refractivity contribution is 0.00325. The monoisotopic (exact) mass is 354 g/mol. The minimum atomic E-state index is -1.74. The van der Waals surface area contributed by atoms with E-state index in [1.54, 1.807) is 0 Å². The zero-order chi connectivity index (χ0) is 17.9. The van der Waals surface area contributed by atoms with Crippen LogP contribution < -0.4 is 0 Å². The maximum atomic E-state index is 10.2. The van der Waals surface area contributed by atoms with E-state index in [0.29, 0.717) is 13.2 Å². The Labute approximate surface area is 144 Å². The predicted molar refractivity (Wildman–Crippen MR) is 103 cm³/mol. The van der Waals surface area contributed by atoms with Gasteiger partial charge in [-0.25, -0.2) is 0 Å². The Kier molecular flexibility index (Phi) is 6.89. The van der Waals surface area contributed by atoms with Gasteiger partial charge in [0.05, 0.1) is 19.3 Å². The lowest BCUT2D eigenvalue weighted by Gasteiger charge is -2.37. The Bertz CT molecular complexity index is 475. The lowest BCUT2D eigenvalue weighted by Crippen LogP contribution is -2.43. The first-order valence-corrected chi connectivity index (χ1v) is 14.9. The van der Waals surface area contributed by atoms with Crippen molar-refractivity contribution in [2.45, 2.75) is 70.8 Å². The van der Waals surface area contributed by atoms with Gasteiger partial charge >= 0.3 is 0 Å². The minimum absolute atomic E-state index is 0.0162. The number of ether oxygens (including phenoxy) is 1. The van der Waals surface area contributed by atoms with E-state index in [-0.39, 0.29) is 17.1 Å². The van der Waals surface area contributed by atoms with Crippen molar-refractivity contribution >= 4 is 16.4 Å². The highest BCUT2D eigenvalue weighted by Gasteiger charge is 2.37. The fraction of sp³-hybridized carbons (Fsp3) is 0.778. The molecule has 5 heteroatoms. The molecule has 0 amide bonds. The molecule has 1 aliphatic heterocycles. The van der Waals surface area contributed by atoms with Gasteiger partial charge in [-0.05, 0) is 18.1 Å². The Morgan fingerprint density at radius 2 is 1.83 bits per heavy atom. The third-order valence-corrected chi connectivity index (χ3v) is 9.89. The molecule has 0 aromatic carbocycles. The van der Waals surface area contributed by atoms with Crippen LogP contribution in [0.15, 0.2) is 12.2 Å². The molecule has 0 aromatic heterocycles. The summed E-state index contributed by atoms with van der Waals surface area (Å²) >= 11 is 0. The van der Waals surface area contributed by atoms with Crippen LogP contribution in [0.2, 0.25) is 37.8 Å². The normalized spacial score (nSPS) is 24.0. The molecule has 1 aliphatic rings. The van der Waals surface area contributed by atoms with Crippen molar-refractivity contribution in [1.29, 1.82) is 0 Å². The van der Waals surface area contributed by atoms with Crippen LogP contribution in [0.5, 0.6) is 0 Å². The predicted octanol–water partition coefficient (Wildman–Crippen LogP) is 3.82. The molecular formula is C18H34O3Si2. The Morgan fingerprint density at radius 1 is 1.22 bits per heavy atom. The third-order valence-electron chi connectivity index (χ3n) is 4.49. The smallest absolute Gasteiger partial charge is 0.192 e. The molecule has 132 valence electrons. The second-order valence-corrected chi connectivity index (χ2v) is 18.5. The van der Waals surface area contributed by atoms with E-state index in [0.717, 1.165) is 0 Å². The second-order valence-electron chi connectivity index (χ2n) is 8.96. The molecule has 0 fully saturated rings. The molecule has 0 aromatic rings. The standard InChI is InChI=1S/C18H34O3Si2/c1-18(2,3)23(7,8)21-14-16-10-9-15(13-20-16)17(19)11-12-22(4,5)6/h9-10,15-17,19H,13-14H2,1-8H3/t15-,16-,17-/m0/s1. The first-order chi connectivity index (χ1) is 10.3. The summed E-state index contributed by atoms with van der Waals surface area (Å²) in [7, 11) is -3.19. The van der Waals surface area contributed by atoms with Gasteiger partial charge in [-0.2, -0.15) is 0 Å². The van der Waals surface area contributed by atoms with E-state index < -0.39 is 22.5 Å². The first-order valence-electron chi connectivity index (χ1n) is 8.46. The van der Waals surface area contributed by atoms with Crippen LogP contribution >= 0.6 is 0 Å². The second kappa shape index (κ2) is 7.67. The molecule has 0 saturated heterocycles. The molecule has 0 saturated carbocycles. The zero-order valence-corrected chi connectivity index (χ0v) is 18.1. The van der Waals surface area contributed by atoms with Gasteiger partial charge in [0.15, 0.2) is 8.32 Å². The van der Waals surface area contributed by atoms with E-state index in [4.69, 9.17) is 9.16 Å². The molecule has 0 spiro atoms. The summed E-state index contributed by atoms with van der Waals surface area (Å²) < 4.78 is 12.0.